The Hall–Kier alpha value is -2.63. The molecule has 0 aliphatic carbocycles. The Kier molecular flexibility index (Phi) is 2.35. The zero-order chi connectivity index (χ0) is 13.5. The summed E-state index contributed by atoms with van der Waals surface area (Å²) in [6.45, 7) is 0.601. The third-order valence-corrected chi connectivity index (χ3v) is 3.60. The van der Waals surface area contributed by atoms with Gasteiger partial charge in [-0.1, -0.05) is 18.2 Å². The summed E-state index contributed by atoms with van der Waals surface area (Å²) in [6.07, 6.45) is 2.32. The van der Waals surface area contributed by atoms with Crippen LogP contribution in [-0.4, -0.2) is 26.5 Å². The van der Waals surface area contributed by atoms with Crippen molar-refractivity contribution in [3.63, 3.8) is 0 Å². The van der Waals surface area contributed by atoms with Crippen LogP contribution >= 0.6 is 0 Å². The van der Waals surface area contributed by atoms with Crippen molar-refractivity contribution in [1.29, 1.82) is 0 Å². The van der Waals surface area contributed by atoms with Crippen molar-refractivity contribution >= 4 is 17.0 Å². The van der Waals surface area contributed by atoms with E-state index in [4.69, 9.17) is 10.5 Å². The Morgan fingerprint density at radius 2 is 2.15 bits per heavy atom. The minimum absolute atomic E-state index is 0.179. The number of hydrogen-bond acceptors (Lipinski definition) is 5. The molecule has 0 saturated heterocycles. The molecule has 6 nitrogen and oxygen atoms in total. The lowest BCUT2D eigenvalue weighted by molar-refractivity contribution is 0.258. The SMILES string of the molecule is Nc1ncnc2nc(C3COc4ccccc4C3)[nH]c12. The highest BCUT2D eigenvalue weighted by atomic mass is 16.5. The summed E-state index contributed by atoms with van der Waals surface area (Å²) in [7, 11) is 0. The van der Waals surface area contributed by atoms with Gasteiger partial charge in [0.15, 0.2) is 11.5 Å². The third-order valence-electron chi connectivity index (χ3n) is 3.60. The van der Waals surface area contributed by atoms with Crippen LogP contribution in [0.5, 0.6) is 5.75 Å². The van der Waals surface area contributed by atoms with Crippen LogP contribution in [0.3, 0.4) is 0 Å². The van der Waals surface area contributed by atoms with Crippen LogP contribution in [0.2, 0.25) is 0 Å². The van der Waals surface area contributed by atoms with Crippen molar-refractivity contribution in [2.45, 2.75) is 12.3 Å². The summed E-state index contributed by atoms with van der Waals surface area (Å²) in [5.74, 6) is 2.41. The van der Waals surface area contributed by atoms with E-state index in [1.54, 1.807) is 0 Å². The summed E-state index contributed by atoms with van der Waals surface area (Å²) in [5.41, 5.74) is 8.32. The smallest absolute Gasteiger partial charge is 0.183 e. The molecule has 0 saturated carbocycles. The molecule has 1 aliphatic heterocycles. The lowest BCUT2D eigenvalue weighted by atomic mass is 9.96. The third kappa shape index (κ3) is 1.69. The van der Waals surface area contributed by atoms with E-state index in [1.165, 1.54) is 11.9 Å². The highest BCUT2D eigenvalue weighted by molar-refractivity contribution is 5.81. The second-order valence-corrected chi connectivity index (χ2v) is 4.90. The van der Waals surface area contributed by atoms with Gasteiger partial charge in [0, 0.05) is 0 Å². The van der Waals surface area contributed by atoms with E-state index >= 15 is 0 Å². The van der Waals surface area contributed by atoms with E-state index in [-0.39, 0.29) is 5.92 Å². The Bertz CT molecular complexity index is 782. The molecule has 0 amide bonds. The summed E-state index contributed by atoms with van der Waals surface area (Å²) in [6, 6.07) is 8.08. The zero-order valence-electron chi connectivity index (χ0n) is 10.7. The van der Waals surface area contributed by atoms with Gasteiger partial charge in [-0.25, -0.2) is 15.0 Å². The summed E-state index contributed by atoms with van der Waals surface area (Å²) >= 11 is 0. The normalized spacial score (nSPS) is 17.7. The van der Waals surface area contributed by atoms with Gasteiger partial charge in [-0.2, -0.15) is 0 Å². The first kappa shape index (κ1) is 11.2. The fourth-order valence-corrected chi connectivity index (χ4v) is 2.56. The monoisotopic (exact) mass is 267 g/mol. The van der Waals surface area contributed by atoms with Crippen LogP contribution in [0.4, 0.5) is 5.82 Å². The predicted molar refractivity (Wildman–Crippen MR) is 74.5 cm³/mol. The molecule has 20 heavy (non-hydrogen) atoms. The van der Waals surface area contributed by atoms with Gasteiger partial charge in [-0.15, -0.1) is 0 Å². The number of aromatic nitrogens is 4. The molecular formula is C14H13N5O. The zero-order valence-corrected chi connectivity index (χ0v) is 10.7. The topological polar surface area (TPSA) is 89.7 Å². The maximum absolute atomic E-state index is 5.82. The number of aromatic amines is 1. The van der Waals surface area contributed by atoms with E-state index in [0.29, 0.717) is 23.6 Å². The number of nitrogens with two attached hydrogens (primary N) is 1. The molecule has 100 valence electrons. The van der Waals surface area contributed by atoms with Crippen LogP contribution in [0.1, 0.15) is 17.3 Å². The molecule has 3 N–H and O–H groups in total. The number of rotatable bonds is 1. The van der Waals surface area contributed by atoms with E-state index in [1.807, 2.05) is 18.2 Å². The largest absolute Gasteiger partial charge is 0.493 e. The van der Waals surface area contributed by atoms with Crippen LogP contribution in [0, 0.1) is 0 Å². The molecule has 1 aromatic carbocycles. The van der Waals surface area contributed by atoms with Gasteiger partial charge < -0.3 is 15.5 Å². The second-order valence-electron chi connectivity index (χ2n) is 4.90. The Morgan fingerprint density at radius 1 is 1.25 bits per heavy atom. The molecule has 2 aromatic heterocycles. The molecule has 1 atom stereocenters. The van der Waals surface area contributed by atoms with E-state index < -0.39 is 0 Å². The van der Waals surface area contributed by atoms with Crippen molar-refractivity contribution < 1.29 is 4.74 Å². The minimum atomic E-state index is 0.179. The molecule has 3 heterocycles. The number of fused-ring (bicyclic) bond motifs is 2. The standard InChI is InChI=1S/C14H13N5O/c15-12-11-14(17-7-16-12)19-13(18-11)9-5-8-3-1-2-4-10(8)20-6-9/h1-4,7,9H,5-6H2,(H3,15,16,17,18,19). The van der Waals surface area contributed by atoms with Gasteiger partial charge in [0.2, 0.25) is 0 Å². The molecule has 0 radical (unpaired) electrons. The number of anilines is 1. The van der Waals surface area contributed by atoms with Gasteiger partial charge >= 0.3 is 0 Å². The van der Waals surface area contributed by atoms with E-state index in [9.17, 15) is 0 Å². The second kappa shape index (κ2) is 4.19. The van der Waals surface area contributed by atoms with E-state index in [0.717, 1.165) is 18.0 Å². The van der Waals surface area contributed by atoms with Gasteiger partial charge in [-0.3, -0.25) is 0 Å². The molecule has 0 fully saturated rings. The number of imidazole rings is 1. The molecule has 1 unspecified atom stereocenters. The lowest BCUT2D eigenvalue weighted by Gasteiger charge is -2.23. The molecule has 6 heteroatoms. The Labute approximate surface area is 115 Å². The number of nitrogens with zero attached hydrogens (tertiary/aromatic N) is 3. The molecule has 1 aliphatic rings. The van der Waals surface area contributed by atoms with Gasteiger partial charge in [0.05, 0.1) is 12.5 Å². The van der Waals surface area contributed by atoms with Crippen molar-refractivity contribution in [1.82, 2.24) is 19.9 Å². The van der Waals surface area contributed by atoms with Gasteiger partial charge in [0.1, 0.15) is 23.4 Å². The highest BCUT2D eigenvalue weighted by Crippen LogP contribution is 2.31. The number of hydrogen-bond donors (Lipinski definition) is 2. The van der Waals surface area contributed by atoms with Gasteiger partial charge in [0.25, 0.3) is 0 Å². The van der Waals surface area contributed by atoms with Crippen LogP contribution < -0.4 is 10.5 Å². The summed E-state index contributed by atoms with van der Waals surface area (Å²) in [5, 5.41) is 0. The fourth-order valence-electron chi connectivity index (χ4n) is 2.56. The maximum atomic E-state index is 5.82. The number of H-pyrrole nitrogens is 1. The summed E-state index contributed by atoms with van der Waals surface area (Å²) < 4.78 is 5.79. The number of para-hydroxylation sites is 1. The lowest BCUT2D eigenvalue weighted by Crippen LogP contribution is -2.20. The first-order chi connectivity index (χ1) is 9.81. The maximum Gasteiger partial charge on any atom is 0.183 e. The van der Waals surface area contributed by atoms with Crippen LogP contribution in [0.15, 0.2) is 30.6 Å². The summed E-state index contributed by atoms with van der Waals surface area (Å²) in [4.78, 5) is 15.8. The van der Waals surface area contributed by atoms with Crippen molar-refractivity contribution in [3.8, 4) is 5.75 Å². The average molecular weight is 267 g/mol. The van der Waals surface area contributed by atoms with Crippen LogP contribution in [-0.2, 0) is 6.42 Å². The quantitative estimate of drug-likeness (QED) is 0.699. The molecule has 0 bridgehead atoms. The Balaban J connectivity index is 1.72. The van der Waals surface area contributed by atoms with Crippen molar-refractivity contribution in [3.05, 3.63) is 42.0 Å². The highest BCUT2D eigenvalue weighted by Gasteiger charge is 2.24. The first-order valence-corrected chi connectivity index (χ1v) is 6.48. The van der Waals surface area contributed by atoms with Crippen molar-refractivity contribution in [2.75, 3.05) is 12.3 Å². The van der Waals surface area contributed by atoms with E-state index in [2.05, 4.69) is 26.0 Å². The number of nitrogens with one attached hydrogen (secondary N) is 1. The van der Waals surface area contributed by atoms with Crippen molar-refractivity contribution in [2.24, 2.45) is 0 Å². The number of ether oxygens (including phenoxy) is 1. The fraction of sp³-hybridized carbons (Fsp3) is 0.214. The molecule has 4 rings (SSSR count). The first-order valence-electron chi connectivity index (χ1n) is 6.48. The average Bonchev–Trinajstić information content (AvgIpc) is 2.92. The Morgan fingerprint density at radius 3 is 3.05 bits per heavy atom. The number of benzene rings is 1. The molecule has 3 aromatic rings. The van der Waals surface area contributed by atoms with Crippen LogP contribution in [0.25, 0.3) is 11.2 Å². The van der Waals surface area contributed by atoms with Gasteiger partial charge in [-0.05, 0) is 18.1 Å². The predicted octanol–water partition coefficient (Wildman–Crippen LogP) is 1.65. The molecular weight excluding hydrogens is 254 g/mol. The number of nitrogen functional groups attached to an aromatic ring is 1. The minimum Gasteiger partial charge on any atom is -0.493 e. The molecule has 0 spiro atoms.